The molecule has 11 heteroatoms. The number of carbonyl (C=O) groups is 1. The normalized spacial score (nSPS) is 15.1. The molecule has 0 spiro atoms. The minimum Gasteiger partial charge on any atom is -0.366 e. The van der Waals surface area contributed by atoms with Crippen LogP contribution >= 0.6 is 11.8 Å². The van der Waals surface area contributed by atoms with Crippen molar-refractivity contribution in [2.24, 2.45) is 5.92 Å². The second-order valence-corrected chi connectivity index (χ2v) is 13.9. The van der Waals surface area contributed by atoms with Gasteiger partial charge in [-0.1, -0.05) is 13.8 Å². The zero-order valence-electron chi connectivity index (χ0n) is 19.6. The Morgan fingerprint density at radius 3 is 2.03 bits per heavy atom. The molecular formula is C23H29FN2O5S3. The van der Waals surface area contributed by atoms with Gasteiger partial charge in [-0.3, -0.25) is 4.79 Å². The van der Waals surface area contributed by atoms with Crippen molar-refractivity contribution in [1.82, 2.24) is 4.90 Å². The Balaban J connectivity index is 1.80. The molecule has 1 aliphatic rings. The van der Waals surface area contributed by atoms with Crippen molar-refractivity contribution < 1.29 is 26.0 Å². The van der Waals surface area contributed by atoms with E-state index in [0.29, 0.717) is 37.7 Å². The van der Waals surface area contributed by atoms with Crippen molar-refractivity contribution in [3.8, 4) is 0 Å². The Labute approximate surface area is 205 Å². The number of rotatable bonds is 7. The molecule has 0 aliphatic carbocycles. The highest BCUT2D eigenvalue weighted by atomic mass is 32.2. The number of piperazine rings is 1. The van der Waals surface area contributed by atoms with E-state index in [1.165, 1.54) is 36.0 Å². The second-order valence-electron chi connectivity index (χ2n) is 8.80. The van der Waals surface area contributed by atoms with E-state index < -0.39 is 25.5 Å². The summed E-state index contributed by atoms with van der Waals surface area (Å²) in [6.45, 7) is 5.51. The van der Waals surface area contributed by atoms with Gasteiger partial charge >= 0.3 is 0 Å². The van der Waals surface area contributed by atoms with Crippen LogP contribution < -0.4 is 4.90 Å². The van der Waals surface area contributed by atoms with Crippen molar-refractivity contribution >= 4 is 43.0 Å². The van der Waals surface area contributed by atoms with Gasteiger partial charge in [0.1, 0.15) is 5.82 Å². The van der Waals surface area contributed by atoms with Crippen LogP contribution in [-0.4, -0.2) is 72.1 Å². The third-order valence-electron chi connectivity index (χ3n) is 5.44. The minimum atomic E-state index is -3.51. The quantitative estimate of drug-likeness (QED) is 0.509. The van der Waals surface area contributed by atoms with Crippen LogP contribution in [0.1, 0.15) is 24.2 Å². The zero-order valence-corrected chi connectivity index (χ0v) is 22.1. The van der Waals surface area contributed by atoms with Crippen LogP contribution in [0.25, 0.3) is 0 Å². The third-order valence-corrected chi connectivity index (χ3v) is 9.16. The van der Waals surface area contributed by atoms with Gasteiger partial charge in [0, 0.05) is 49.3 Å². The summed E-state index contributed by atoms with van der Waals surface area (Å²) in [5, 5.41) is 0. The van der Waals surface area contributed by atoms with Gasteiger partial charge in [-0.15, -0.1) is 11.8 Å². The third kappa shape index (κ3) is 6.31. The molecule has 1 fully saturated rings. The van der Waals surface area contributed by atoms with Crippen LogP contribution in [0, 0.1) is 11.7 Å². The van der Waals surface area contributed by atoms with E-state index in [4.69, 9.17) is 0 Å². The van der Waals surface area contributed by atoms with Crippen molar-refractivity contribution in [2.45, 2.75) is 28.5 Å². The highest BCUT2D eigenvalue weighted by Crippen LogP contribution is 2.29. The molecule has 0 N–H and O–H groups in total. The van der Waals surface area contributed by atoms with Gasteiger partial charge in [-0.25, -0.2) is 21.2 Å². The first-order chi connectivity index (χ1) is 15.8. The molecule has 2 aromatic carbocycles. The van der Waals surface area contributed by atoms with Gasteiger partial charge in [-0.05, 0) is 42.3 Å². The molecule has 0 radical (unpaired) electrons. The van der Waals surface area contributed by atoms with Crippen molar-refractivity contribution in [3.05, 3.63) is 47.8 Å². The molecule has 0 bridgehead atoms. The molecule has 1 amide bonds. The van der Waals surface area contributed by atoms with Crippen molar-refractivity contribution in [2.75, 3.05) is 49.3 Å². The lowest BCUT2D eigenvalue weighted by atomic mass is 10.1. The van der Waals surface area contributed by atoms with Gasteiger partial charge in [0.15, 0.2) is 19.7 Å². The topological polar surface area (TPSA) is 91.8 Å². The van der Waals surface area contributed by atoms with Gasteiger partial charge in [0.05, 0.1) is 21.0 Å². The summed E-state index contributed by atoms with van der Waals surface area (Å²) in [6, 6.07) is 8.48. The lowest BCUT2D eigenvalue weighted by molar-refractivity contribution is 0.0743. The molecule has 1 aliphatic heterocycles. The Bertz CT molecular complexity index is 1290. The molecule has 0 unspecified atom stereocenters. The number of carbonyl (C=O) groups excluding carboxylic acids is 1. The van der Waals surface area contributed by atoms with Crippen LogP contribution in [0.5, 0.6) is 0 Å². The van der Waals surface area contributed by atoms with Gasteiger partial charge in [0.25, 0.3) is 5.91 Å². The zero-order chi connectivity index (χ0) is 25.3. The van der Waals surface area contributed by atoms with E-state index in [9.17, 15) is 26.0 Å². The first kappa shape index (κ1) is 26.5. The molecule has 3 rings (SSSR count). The maximum absolute atomic E-state index is 14.6. The Hall–Kier alpha value is -2.11. The molecule has 186 valence electrons. The first-order valence-corrected chi connectivity index (χ1v) is 15.5. The molecule has 2 aromatic rings. The first-order valence-electron chi connectivity index (χ1n) is 10.8. The average molecular weight is 529 g/mol. The van der Waals surface area contributed by atoms with Crippen LogP contribution in [0.2, 0.25) is 0 Å². The number of amides is 1. The number of thioether (sulfide) groups is 1. The predicted molar refractivity (Wildman–Crippen MR) is 133 cm³/mol. The van der Waals surface area contributed by atoms with Crippen molar-refractivity contribution in [3.63, 3.8) is 0 Å². The standard InChI is InChI=1S/C23H29FN2O5S3/c1-16(2)15-32-22-8-6-17(33(3,28)29)13-19(22)23(27)26-11-9-25(10-12-26)21-7-5-18(14-20(21)24)34(4,30)31/h5-8,13-14,16H,9-12,15H2,1-4H3. The van der Waals surface area contributed by atoms with Gasteiger partial charge < -0.3 is 9.80 Å². The fourth-order valence-corrected chi connectivity index (χ4v) is 5.84. The minimum absolute atomic E-state index is 0.0836. The summed E-state index contributed by atoms with van der Waals surface area (Å²) in [5.74, 6) is 0.296. The lowest BCUT2D eigenvalue weighted by Crippen LogP contribution is -2.49. The number of anilines is 1. The summed E-state index contributed by atoms with van der Waals surface area (Å²) >= 11 is 1.52. The molecule has 0 aromatic heterocycles. The molecule has 34 heavy (non-hydrogen) atoms. The fourth-order valence-electron chi connectivity index (χ4n) is 3.58. The second kappa shape index (κ2) is 10.2. The van der Waals surface area contributed by atoms with E-state index in [2.05, 4.69) is 13.8 Å². The Morgan fingerprint density at radius 1 is 0.941 bits per heavy atom. The number of nitrogens with zero attached hydrogens (tertiary/aromatic N) is 2. The molecule has 1 heterocycles. The maximum Gasteiger partial charge on any atom is 0.255 e. The van der Waals surface area contributed by atoms with Crippen LogP contribution in [0.15, 0.2) is 51.1 Å². The average Bonchev–Trinajstić information content (AvgIpc) is 2.76. The number of hydrogen-bond acceptors (Lipinski definition) is 7. The molecule has 0 saturated carbocycles. The van der Waals surface area contributed by atoms with E-state index >= 15 is 0 Å². The molecule has 7 nitrogen and oxygen atoms in total. The van der Waals surface area contributed by atoms with Gasteiger partial charge in [0.2, 0.25) is 0 Å². The van der Waals surface area contributed by atoms with E-state index in [1.807, 2.05) is 0 Å². The SMILES string of the molecule is CC(C)CSc1ccc(S(C)(=O)=O)cc1C(=O)N1CCN(c2ccc(S(C)(=O)=O)cc2F)CC1. The van der Waals surface area contributed by atoms with E-state index in [0.717, 1.165) is 29.2 Å². The molecular weight excluding hydrogens is 499 g/mol. The van der Waals surface area contributed by atoms with Crippen molar-refractivity contribution in [1.29, 1.82) is 0 Å². The summed E-state index contributed by atoms with van der Waals surface area (Å²) in [7, 11) is -6.98. The smallest absolute Gasteiger partial charge is 0.255 e. The monoisotopic (exact) mass is 528 g/mol. The fraction of sp³-hybridized carbons (Fsp3) is 0.435. The number of halogens is 1. The number of sulfone groups is 2. The summed E-state index contributed by atoms with van der Waals surface area (Å²) in [6.07, 6.45) is 2.14. The summed E-state index contributed by atoms with van der Waals surface area (Å²) in [4.78, 5) is 17.5. The van der Waals surface area contributed by atoms with Gasteiger partial charge in [-0.2, -0.15) is 0 Å². The predicted octanol–water partition coefficient (Wildman–Crippen LogP) is 3.34. The maximum atomic E-state index is 14.6. The highest BCUT2D eigenvalue weighted by Gasteiger charge is 2.27. The Morgan fingerprint density at radius 2 is 1.50 bits per heavy atom. The Kier molecular flexibility index (Phi) is 7.99. The van der Waals surface area contributed by atoms with E-state index in [-0.39, 0.29) is 21.4 Å². The molecule has 0 atom stereocenters. The van der Waals surface area contributed by atoms with Crippen LogP contribution in [0.4, 0.5) is 10.1 Å². The van der Waals surface area contributed by atoms with Crippen LogP contribution in [0.3, 0.4) is 0 Å². The summed E-state index contributed by atoms with van der Waals surface area (Å²) in [5.41, 5.74) is 0.637. The lowest BCUT2D eigenvalue weighted by Gasteiger charge is -2.36. The summed E-state index contributed by atoms with van der Waals surface area (Å²) < 4.78 is 62.1. The number of hydrogen-bond donors (Lipinski definition) is 0. The molecule has 1 saturated heterocycles. The van der Waals surface area contributed by atoms with E-state index in [1.54, 1.807) is 15.9 Å². The largest absolute Gasteiger partial charge is 0.366 e. The number of benzene rings is 2. The van der Waals surface area contributed by atoms with Crippen LogP contribution in [-0.2, 0) is 19.7 Å². The highest BCUT2D eigenvalue weighted by molar-refractivity contribution is 7.99.